The molecule has 2 radical (unpaired) electrons. The molecule has 1 aromatic carbocycles. The van der Waals surface area contributed by atoms with Crippen LogP contribution >= 0.6 is 0 Å². The normalized spacial score (nSPS) is 14.5. The van der Waals surface area contributed by atoms with Gasteiger partial charge in [-0.3, -0.25) is 9.59 Å². The number of aromatic amines is 1. The van der Waals surface area contributed by atoms with Crippen LogP contribution in [0.2, 0.25) is 0 Å². The Kier molecular flexibility index (Phi) is 5.69. The van der Waals surface area contributed by atoms with Gasteiger partial charge in [0.1, 0.15) is 5.82 Å². The van der Waals surface area contributed by atoms with Crippen molar-refractivity contribution >= 4 is 37.1 Å². The summed E-state index contributed by atoms with van der Waals surface area (Å²) in [7, 11) is 5.72. The van der Waals surface area contributed by atoms with Crippen molar-refractivity contribution in [3.63, 3.8) is 0 Å². The third kappa shape index (κ3) is 3.87. The van der Waals surface area contributed by atoms with E-state index in [2.05, 4.69) is 15.6 Å². The Labute approximate surface area is 164 Å². The Balaban J connectivity index is 1.87. The van der Waals surface area contributed by atoms with E-state index in [0.717, 1.165) is 5.56 Å². The molecule has 1 aliphatic heterocycles. The van der Waals surface area contributed by atoms with Crippen LogP contribution in [0.4, 0.5) is 10.1 Å². The summed E-state index contributed by atoms with van der Waals surface area (Å²) in [6, 6.07) is 4.16. The number of halogens is 1. The third-order valence-corrected chi connectivity index (χ3v) is 4.85. The molecule has 0 spiro atoms. The van der Waals surface area contributed by atoms with E-state index >= 15 is 0 Å². The van der Waals surface area contributed by atoms with Crippen molar-refractivity contribution in [2.75, 3.05) is 25.0 Å². The molecule has 2 heterocycles. The van der Waals surface area contributed by atoms with Gasteiger partial charge in [-0.25, -0.2) is 4.39 Å². The lowest BCUT2D eigenvalue weighted by molar-refractivity contribution is -0.110. The minimum absolute atomic E-state index is 0.206. The van der Waals surface area contributed by atoms with Crippen molar-refractivity contribution in [1.82, 2.24) is 15.1 Å². The van der Waals surface area contributed by atoms with Gasteiger partial charge in [-0.15, -0.1) is 0 Å². The SMILES string of the molecule is [B]N(CC)CCNC(=O)c1c(C)[nH]c(/C=C2\C(=O)Nc3ccc(F)cc32)c1C. The first-order valence-corrected chi connectivity index (χ1v) is 9.11. The highest BCUT2D eigenvalue weighted by atomic mass is 19.1. The van der Waals surface area contributed by atoms with Crippen molar-refractivity contribution in [2.24, 2.45) is 0 Å². The van der Waals surface area contributed by atoms with Gasteiger partial charge >= 0.3 is 0 Å². The number of H-pyrrole nitrogens is 1. The molecule has 0 unspecified atom stereocenters. The number of carbonyl (C=O) groups is 2. The molecule has 3 N–H and O–H groups in total. The Hall–Kier alpha value is -2.87. The lowest BCUT2D eigenvalue weighted by Gasteiger charge is -2.14. The number of aromatic nitrogens is 1. The van der Waals surface area contributed by atoms with Gasteiger partial charge < -0.3 is 20.4 Å². The largest absolute Gasteiger partial charge is 0.358 e. The number of benzene rings is 1. The molecule has 3 rings (SSSR count). The molecule has 6 nitrogen and oxygen atoms in total. The van der Waals surface area contributed by atoms with Gasteiger partial charge in [-0.2, -0.15) is 0 Å². The van der Waals surface area contributed by atoms with Gasteiger partial charge in [0, 0.05) is 35.7 Å². The second kappa shape index (κ2) is 8.02. The highest BCUT2D eigenvalue weighted by molar-refractivity contribution is 6.34. The van der Waals surface area contributed by atoms with E-state index in [9.17, 15) is 14.0 Å². The zero-order chi connectivity index (χ0) is 20.4. The Morgan fingerprint density at radius 2 is 2.11 bits per heavy atom. The van der Waals surface area contributed by atoms with Crippen molar-refractivity contribution in [2.45, 2.75) is 20.8 Å². The van der Waals surface area contributed by atoms with Crippen LogP contribution < -0.4 is 10.6 Å². The Bertz CT molecular complexity index is 967. The summed E-state index contributed by atoms with van der Waals surface area (Å²) in [6.07, 6.45) is 1.65. The average molecular weight is 380 g/mol. The molecule has 0 saturated heterocycles. The maximum Gasteiger partial charge on any atom is 0.256 e. The van der Waals surface area contributed by atoms with Gasteiger partial charge in [0.05, 0.1) is 11.1 Å². The predicted molar refractivity (Wildman–Crippen MR) is 109 cm³/mol. The second-order valence-corrected chi connectivity index (χ2v) is 6.75. The number of amides is 2. The number of nitrogens with zero attached hydrogens (tertiary/aromatic N) is 1. The minimum Gasteiger partial charge on any atom is -0.358 e. The first-order chi connectivity index (χ1) is 13.3. The molecule has 2 amide bonds. The molecule has 0 aliphatic carbocycles. The van der Waals surface area contributed by atoms with E-state index in [4.69, 9.17) is 7.98 Å². The first kappa shape index (κ1) is 19.9. The van der Waals surface area contributed by atoms with Gasteiger partial charge in [0.15, 0.2) is 7.98 Å². The van der Waals surface area contributed by atoms with Crippen LogP contribution in [-0.2, 0) is 4.79 Å². The summed E-state index contributed by atoms with van der Waals surface area (Å²) in [4.78, 5) is 29.6. The maximum atomic E-state index is 13.6. The lowest BCUT2D eigenvalue weighted by Crippen LogP contribution is -2.33. The fraction of sp³-hybridized carbons (Fsp3) is 0.300. The van der Waals surface area contributed by atoms with Crippen molar-refractivity contribution in [3.05, 3.63) is 52.1 Å². The smallest absolute Gasteiger partial charge is 0.256 e. The molecule has 144 valence electrons. The van der Waals surface area contributed by atoms with Crippen LogP contribution in [0, 0.1) is 19.7 Å². The summed E-state index contributed by atoms with van der Waals surface area (Å²) < 4.78 is 13.6. The average Bonchev–Trinajstić information content (AvgIpc) is 3.11. The Morgan fingerprint density at radius 3 is 2.82 bits per heavy atom. The number of rotatable bonds is 6. The number of hydrogen-bond acceptors (Lipinski definition) is 3. The van der Waals surface area contributed by atoms with Crippen LogP contribution in [0.15, 0.2) is 18.2 Å². The first-order valence-electron chi connectivity index (χ1n) is 9.11. The topological polar surface area (TPSA) is 77.2 Å². The number of nitrogens with one attached hydrogen (secondary N) is 3. The molecule has 1 aliphatic rings. The number of fused-ring (bicyclic) bond motifs is 1. The van der Waals surface area contributed by atoms with Crippen LogP contribution in [0.3, 0.4) is 0 Å². The van der Waals surface area contributed by atoms with Gasteiger partial charge in [0.25, 0.3) is 11.8 Å². The zero-order valence-electron chi connectivity index (χ0n) is 16.1. The highest BCUT2D eigenvalue weighted by Gasteiger charge is 2.26. The number of aryl methyl sites for hydroxylation is 1. The molecule has 8 heteroatoms. The van der Waals surface area contributed by atoms with Crippen LogP contribution in [0.1, 0.15) is 39.8 Å². The van der Waals surface area contributed by atoms with Crippen molar-refractivity contribution in [1.29, 1.82) is 0 Å². The van der Waals surface area contributed by atoms with Crippen molar-refractivity contribution < 1.29 is 14.0 Å². The molecule has 0 bridgehead atoms. The Morgan fingerprint density at radius 1 is 1.36 bits per heavy atom. The van der Waals surface area contributed by atoms with E-state index in [1.807, 2.05) is 13.8 Å². The maximum absolute atomic E-state index is 13.6. The van der Waals surface area contributed by atoms with Crippen LogP contribution in [0.5, 0.6) is 0 Å². The summed E-state index contributed by atoms with van der Waals surface area (Å²) in [5.41, 5.74) is 4.01. The number of hydrogen-bond donors (Lipinski definition) is 3. The summed E-state index contributed by atoms with van der Waals surface area (Å²) in [5.74, 6) is -0.926. The zero-order valence-corrected chi connectivity index (χ0v) is 16.1. The lowest BCUT2D eigenvalue weighted by atomic mass is 10.0. The van der Waals surface area contributed by atoms with Gasteiger partial charge in [-0.1, -0.05) is 6.92 Å². The summed E-state index contributed by atoms with van der Waals surface area (Å²) in [5, 5.41) is 5.57. The van der Waals surface area contributed by atoms with Crippen LogP contribution in [-0.4, -0.2) is 49.2 Å². The van der Waals surface area contributed by atoms with E-state index in [-0.39, 0.29) is 11.8 Å². The predicted octanol–water partition coefficient (Wildman–Crippen LogP) is 2.40. The second-order valence-electron chi connectivity index (χ2n) is 6.75. The van der Waals surface area contributed by atoms with E-state index in [0.29, 0.717) is 53.4 Å². The number of carbonyl (C=O) groups excluding carboxylic acids is 2. The standard InChI is InChI=1S/C20H22BFN4O2/c1-4-26(21)8-7-23-20(28)18-11(2)17(24-12(18)3)10-15-14-9-13(22)5-6-16(14)25-19(15)27/h5-6,9-10,24H,4,7-8H2,1-3H3,(H,23,28)(H,25,27)/b15-10-. The van der Waals surface area contributed by atoms with Gasteiger partial charge in [0.2, 0.25) is 0 Å². The molecule has 0 atom stereocenters. The molecular weight excluding hydrogens is 358 g/mol. The molecule has 0 fully saturated rings. The third-order valence-electron chi connectivity index (χ3n) is 4.85. The minimum atomic E-state index is -0.415. The summed E-state index contributed by atoms with van der Waals surface area (Å²) >= 11 is 0. The fourth-order valence-electron chi connectivity index (χ4n) is 3.27. The van der Waals surface area contributed by atoms with Gasteiger partial charge in [-0.05, 0) is 50.2 Å². The van der Waals surface area contributed by atoms with E-state index in [1.165, 1.54) is 18.2 Å². The van der Waals surface area contributed by atoms with E-state index in [1.54, 1.807) is 17.8 Å². The quantitative estimate of drug-likeness (QED) is 0.532. The highest BCUT2D eigenvalue weighted by Crippen LogP contribution is 2.34. The monoisotopic (exact) mass is 380 g/mol. The number of likely N-dealkylation sites (N-methyl/N-ethyl adjacent to an activating group) is 1. The number of anilines is 1. The molecule has 0 saturated carbocycles. The molecule has 28 heavy (non-hydrogen) atoms. The molecular formula is C20H22BFN4O2. The fourth-order valence-corrected chi connectivity index (χ4v) is 3.27. The van der Waals surface area contributed by atoms with E-state index < -0.39 is 5.82 Å². The summed E-state index contributed by atoms with van der Waals surface area (Å²) in [6.45, 7) is 7.22. The van der Waals surface area contributed by atoms with Crippen molar-refractivity contribution in [3.8, 4) is 0 Å². The molecule has 2 aromatic rings. The molecule has 1 aromatic heterocycles. The van der Waals surface area contributed by atoms with Crippen LogP contribution in [0.25, 0.3) is 11.6 Å².